The number of ether oxygens (including phenoxy) is 1. The highest BCUT2D eigenvalue weighted by Gasteiger charge is 2.07. The Hall–Kier alpha value is -2.60. The van der Waals surface area contributed by atoms with Crippen molar-refractivity contribution in [2.75, 3.05) is 19.7 Å². The minimum Gasteiger partial charge on any atom is -0.491 e. The normalized spacial score (nSPS) is 12.5. The molecule has 0 heterocycles. The maximum atomic E-state index is 13.7. The molecule has 2 aromatic carbocycles. The quantitative estimate of drug-likeness (QED) is 0.501. The fraction of sp³-hybridized carbons (Fsp3) is 0.350. The number of hydrogen-bond donors (Lipinski definition) is 3. The second kappa shape index (κ2) is 10.4. The number of aryl methyl sites for hydroxylation is 1. The Labute approximate surface area is 153 Å². The van der Waals surface area contributed by atoms with Crippen molar-refractivity contribution in [3.63, 3.8) is 0 Å². The number of aliphatic hydroxyl groups excluding tert-OH is 1. The average molecular weight is 359 g/mol. The number of hydrogen-bond acceptors (Lipinski definition) is 3. The van der Waals surface area contributed by atoms with Gasteiger partial charge < -0.3 is 20.5 Å². The number of aliphatic hydroxyl groups is 1. The fourth-order valence-corrected chi connectivity index (χ4v) is 2.30. The zero-order valence-electron chi connectivity index (χ0n) is 15.2. The van der Waals surface area contributed by atoms with E-state index in [-0.39, 0.29) is 25.5 Å². The van der Waals surface area contributed by atoms with Crippen LogP contribution >= 0.6 is 0 Å². The summed E-state index contributed by atoms with van der Waals surface area (Å²) in [5.74, 6) is 0.966. The summed E-state index contributed by atoms with van der Waals surface area (Å²) in [7, 11) is 0. The van der Waals surface area contributed by atoms with E-state index in [0.29, 0.717) is 18.1 Å². The summed E-state index contributed by atoms with van der Waals surface area (Å²) in [6.45, 7) is 5.26. The standard InChI is InChI=1S/C20H26FN3O2/c1-3-22-20(23-12-16-8-4-5-10-19(16)21)24-13-17(25)14-26-18-9-6-7-15(2)11-18/h4-11,17,25H,3,12-14H2,1-2H3,(H2,22,23,24). The fourth-order valence-electron chi connectivity index (χ4n) is 2.30. The topological polar surface area (TPSA) is 65.9 Å². The lowest BCUT2D eigenvalue weighted by Gasteiger charge is -2.16. The first-order chi connectivity index (χ1) is 12.6. The van der Waals surface area contributed by atoms with Gasteiger partial charge in [-0.15, -0.1) is 0 Å². The molecule has 0 fully saturated rings. The highest BCUT2D eigenvalue weighted by atomic mass is 19.1. The van der Waals surface area contributed by atoms with Crippen molar-refractivity contribution in [3.8, 4) is 5.75 Å². The summed E-state index contributed by atoms with van der Waals surface area (Å²) in [5, 5.41) is 16.2. The predicted octanol–water partition coefficient (Wildman–Crippen LogP) is 2.63. The van der Waals surface area contributed by atoms with Crippen molar-refractivity contribution in [2.45, 2.75) is 26.5 Å². The van der Waals surface area contributed by atoms with Gasteiger partial charge in [-0.05, 0) is 37.6 Å². The molecule has 0 aliphatic carbocycles. The summed E-state index contributed by atoms with van der Waals surface area (Å²) < 4.78 is 19.2. The molecule has 2 rings (SSSR count). The second-order valence-corrected chi connectivity index (χ2v) is 5.95. The van der Waals surface area contributed by atoms with Crippen LogP contribution in [0, 0.1) is 12.7 Å². The van der Waals surface area contributed by atoms with Gasteiger partial charge in [0, 0.05) is 18.7 Å². The van der Waals surface area contributed by atoms with Gasteiger partial charge in [0.1, 0.15) is 24.3 Å². The van der Waals surface area contributed by atoms with E-state index in [0.717, 1.165) is 11.3 Å². The Balaban J connectivity index is 1.83. The van der Waals surface area contributed by atoms with Crippen LogP contribution in [0.25, 0.3) is 0 Å². The van der Waals surface area contributed by atoms with Gasteiger partial charge >= 0.3 is 0 Å². The predicted molar refractivity (Wildman–Crippen MR) is 102 cm³/mol. The lowest BCUT2D eigenvalue weighted by atomic mass is 10.2. The van der Waals surface area contributed by atoms with Crippen LogP contribution in [-0.4, -0.2) is 36.9 Å². The summed E-state index contributed by atoms with van der Waals surface area (Å²) in [5.41, 5.74) is 1.62. The summed E-state index contributed by atoms with van der Waals surface area (Å²) >= 11 is 0. The average Bonchev–Trinajstić information content (AvgIpc) is 2.63. The molecule has 6 heteroatoms. The van der Waals surface area contributed by atoms with E-state index in [1.54, 1.807) is 18.2 Å². The smallest absolute Gasteiger partial charge is 0.191 e. The molecule has 3 N–H and O–H groups in total. The van der Waals surface area contributed by atoms with Gasteiger partial charge in [-0.2, -0.15) is 0 Å². The van der Waals surface area contributed by atoms with E-state index in [9.17, 15) is 9.50 Å². The van der Waals surface area contributed by atoms with Gasteiger partial charge in [-0.1, -0.05) is 30.3 Å². The van der Waals surface area contributed by atoms with Crippen molar-refractivity contribution in [3.05, 3.63) is 65.5 Å². The number of aliphatic imine (C=N–C) groups is 1. The van der Waals surface area contributed by atoms with Gasteiger partial charge in [0.05, 0.1) is 6.54 Å². The first-order valence-electron chi connectivity index (χ1n) is 8.71. The number of guanidine groups is 1. The molecule has 140 valence electrons. The molecular formula is C20H26FN3O2. The summed E-state index contributed by atoms with van der Waals surface area (Å²) in [6, 6.07) is 14.2. The second-order valence-electron chi connectivity index (χ2n) is 5.95. The Bertz CT molecular complexity index is 722. The Morgan fingerprint density at radius 3 is 2.73 bits per heavy atom. The van der Waals surface area contributed by atoms with Crippen LogP contribution in [-0.2, 0) is 6.54 Å². The highest BCUT2D eigenvalue weighted by molar-refractivity contribution is 5.79. The summed E-state index contributed by atoms with van der Waals surface area (Å²) in [4.78, 5) is 4.35. The Morgan fingerprint density at radius 1 is 1.19 bits per heavy atom. The lowest BCUT2D eigenvalue weighted by molar-refractivity contribution is 0.110. The number of nitrogens with one attached hydrogen (secondary N) is 2. The van der Waals surface area contributed by atoms with Crippen molar-refractivity contribution < 1.29 is 14.2 Å². The molecule has 0 saturated heterocycles. The molecule has 0 saturated carbocycles. The van der Waals surface area contributed by atoms with Gasteiger partial charge in [-0.3, -0.25) is 0 Å². The van der Waals surface area contributed by atoms with E-state index in [4.69, 9.17) is 4.74 Å². The molecule has 0 aliphatic heterocycles. The zero-order valence-corrected chi connectivity index (χ0v) is 15.2. The van der Waals surface area contributed by atoms with Crippen LogP contribution in [0.3, 0.4) is 0 Å². The first kappa shape index (κ1) is 19.7. The highest BCUT2D eigenvalue weighted by Crippen LogP contribution is 2.12. The molecule has 0 bridgehead atoms. The molecule has 1 atom stereocenters. The lowest BCUT2D eigenvalue weighted by Crippen LogP contribution is -2.42. The van der Waals surface area contributed by atoms with E-state index in [2.05, 4.69) is 15.6 Å². The van der Waals surface area contributed by atoms with Gasteiger partial charge in [-0.25, -0.2) is 9.38 Å². The zero-order chi connectivity index (χ0) is 18.8. The number of rotatable bonds is 8. The third-order valence-electron chi connectivity index (χ3n) is 3.65. The van der Waals surface area contributed by atoms with E-state index in [1.165, 1.54) is 6.07 Å². The molecule has 26 heavy (non-hydrogen) atoms. The van der Waals surface area contributed by atoms with Crippen molar-refractivity contribution >= 4 is 5.96 Å². The minimum absolute atomic E-state index is 0.170. The SMILES string of the molecule is CCNC(=NCc1ccccc1F)NCC(O)COc1cccc(C)c1. The van der Waals surface area contributed by atoms with E-state index in [1.807, 2.05) is 38.1 Å². The third kappa shape index (κ3) is 6.72. The molecular weight excluding hydrogens is 333 g/mol. The number of nitrogens with zero attached hydrogens (tertiary/aromatic N) is 1. The van der Waals surface area contributed by atoms with Crippen molar-refractivity contribution in [1.29, 1.82) is 0 Å². The van der Waals surface area contributed by atoms with Gasteiger partial charge in [0.2, 0.25) is 0 Å². The van der Waals surface area contributed by atoms with Crippen LogP contribution in [0.1, 0.15) is 18.1 Å². The number of halogens is 1. The molecule has 2 aromatic rings. The molecule has 0 aliphatic rings. The Morgan fingerprint density at radius 2 is 2.00 bits per heavy atom. The van der Waals surface area contributed by atoms with Crippen LogP contribution in [0.15, 0.2) is 53.5 Å². The number of benzene rings is 2. The molecule has 1 unspecified atom stereocenters. The minimum atomic E-state index is -0.701. The monoisotopic (exact) mass is 359 g/mol. The molecule has 0 radical (unpaired) electrons. The molecule has 0 spiro atoms. The molecule has 5 nitrogen and oxygen atoms in total. The van der Waals surface area contributed by atoms with Crippen LogP contribution in [0.2, 0.25) is 0 Å². The molecule has 0 aromatic heterocycles. The van der Waals surface area contributed by atoms with Crippen molar-refractivity contribution in [2.24, 2.45) is 4.99 Å². The maximum absolute atomic E-state index is 13.7. The van der Waals surface area contributed by atoms with E-state index < -0.39 is 6.10 Å². The first-order valence-corrected chi connectivity index (χ1v) is 8.71. The largest absolute Gasteiger partial charge is 0.491 e. The third-order valence-corrected chi connectivity index (χ3v) is 3.65. The maximum Gasteiger partial charge on any atom is 0.191 e. The Kier molecular flexibility index (Phi) is 7.89. The molecule has 0 amide bonds. The van der Waals surface area contributed by atoms with Crippen molar-refractivity contribution in [1.82, 2.24) is 10.6 Å². The van der Waals surface area contributed by atoms with Gasteiger partial charge in [0.25, 0.3) is 0 Å². The van der Waals surface area contributed by atoms with Crippen LogP contribution in [0.4, 0.5) is 4.39 Å². The van der Waals surface area contributed by atoms with Crippen LogP contribution < -0.4 is 15.4 Å². The summed E-state index contributed by atoms with van der Waals surface area (Å²) in [6.07, 6.45) is -0.701. The van der Waals surface area contributed by atoms with E-state index >= 15 is 0 Å². The van der Waals surface area contributed by atoms with Gasteiger partial charge in [0.15, 0.2) is 5.96 Å². The van der Waals surface area contributed by atoms with Crippen LogP contribution in [0.5, 0.6) is 5.75 Å².